The molecule has 0 rings (SSSR count). The van der Waals surface area contributed by atoms with Crippen LogP contribution in [0.2, 0.25) is 0 Å². The molecule has 0 aromatic heterocycles. The molecule has 2 N–H and O–H groups in total. The average Bonchev–Trinajstić information content (AvgIpc) is 2.80. The molecule has 0 aliphatic rings. The Morgan fingerprint density at radius 1 is 0.529 bits per heavy atom. The first-order valence-corrected chi connectivity index (χ1v) is 14.9. The lowest BCUT2D eigenvalue weighted by Gasteiger charge is -2.32. The number of carbonyl (C=O) groups is 2. The lowest BCUT2D eigenvalue weighted by atomic mass is 9.72. The predicted octanol–water partition coefficient (Wildman–Crippen LogP) is 9.65. The van der Waals surface area contributed by atoms with Crippen molar-refractivity contribution in [3.05, 3.63) is 0 Å². The maximum atomic E-state index is 12.4. The quantitative estimate of drug-likeness (QED) is 0.120. The monoisotopic (exact) mass is 482 g/mol. The van der Waals surface area contributed by atoms with E-state index in [-0.39, 0.29) is 12.3 Å². The minimum absolute atomic E-state index is 0.0755. The third kappa shape index (κ3) is 18.3. The number of hydrogen-bond donors (Lipinski definition) is 2. The van der Waals surface area contributed by atoms with Crippen LogP contribution in [0.1, 0.15) is 162 Å². The first-order valence-electron chi connectivity index (χ1n) is 14.9. The molecule has 3 unspecified atom stereocenters. The third-order valence-corrected chi connectivity index (χ3v) is 7.59. The van der Waals surface area contributed by atoms with Gasteiger partial charge in [0, 0.05) is 6.42 Å². The molecule has 0 aromatic carbocycles. The molecule has 202 valence electrons. The van der Waals surface area contributed by atoms with Crippen LogP contribution in [0.4, 0.5) is 0 Å². The lowest BCUT2D eigenvalue weighted by Crippen LogP contribution is -2.30. The summed E-state index contributed by atoms with van der Waals surface area (Å²) in [5.74, 6) is -1.27. The topological polar surface area (TPSA) is 74.6 Å². The number of carboxylic acid groups (broad SMARTS) is 2. The Morgan fingerprint density at radius 2 is 0.941 bits per heavy atom. The summed E-state index contributed by atoms with van der Waals surface area (Å²) in [6.07, 6.45) is 24.2. The van der Waals surface area contributed by atoms with E-state index < -0.39 is 17.9 Å². The summed E-state index contributed by atoms with van der Waals surface area (Å²) in [5, 5.41) is 19.2. The molecular formula is C30H58O4. The Kier molecular flexibility index (Phi) is 22.9. The van der Waals surface area contributed by atoms with Crippen molar-refractivity contribution >= 4 is 11.9 Å². The van der Waals surface area contributed by atoms with E-state index in [1.807, 2.05) is 0 Å². The first kappa shape index (κ1) is 32.9. The molecule has 34 heavy (non-hydrogen) atoms. The van der Waals surface area contributed by atoms with Crippen LogP contribution in [0.25, 0.3) is 0 Å². The van der Waals surface area contributed by atoms with E-state index in [0.29, 0.717) is 18.8 Å². The molecule has 0 fully saturated rings. The number of rotatable bonds is 26. The minimum Gasteiger partial charge on any atom is -0.481 e. The average molecular weight is 483 g/mol. The Bertz CT molecular complexity index is 476. The number of aliphatic carboxylic acids is 2. The van der Waals surface area contributed by atoms with E-state index in [4.69, 9.17) is 5.11 Å². The molecule has 4 nitrogen and oxygen atoms in total. The van der Waals surface area contributed by atoms with Gasteiger partial charge in [0.15, 0.2) is 0 Å². The van der Waals surface area contributed by atoms with E-state index in [9.17, 15) is 14.7 Å². The molecule has 0 aromatic rings. The van der Waals surface area contributed by atoms with E-state index in [2.05, 4.69) is 20.8 Å². The van der Waals surface area contributed by atoms with Crippen LogP contribution in [0.5, 0.6) is 0 Å². The zero-order chi connectivity index (χ0) is 25.4. The van der Waals surface area contributed by atoms with Crippen molar-refractivity contribution in [1.29, 1.82) is 0 Å². The van der Waals surface area contributed by atoms with Crippen LogP contribution in [0, 0.1) is 17.8 Å². The largest absolute Gasteiger partial charge is 0.481 e. The zero-order valence-electron chi connectivity index (χ0n) is 23.0. The van der Waals surface area contributed by atoms with E-state index >= 15 is 0 Å². The number of unbranched alkanes of at least 4 members (excludes halogenated alkanes) is 13. The van der Waals surface area contributed by atoms with Gasteiger partial charge < -0.3 is 10.2 Å². The fraction of sp³-hybridized carbons (Fsp3) is 0.933. The van der Waals surface area contributed by atoms with E-state index in [1.165, 1.54) is 96.3 Å². The highest BCUT2D eigenvalue weighted by atomic mass is 16.4. The summed E-state index contributed by atoms with van der Waals surface area (Å²) < 4.78 is 0. The van der Waals surface area contributed by atoms with Gasteiger partial charge >= 0.3 is 11.9 Å². The number of carboxylic acids is 2. The highest BCUT2D eigenvalue weighted by molar-refractivity contribution is 5.70. The zero-order valence-corrected chi connectivity index (χ0v) is 23.0. The Labute approximate surface area is 211 Å². The van der Waals surface area contributed by atoms with Gasteiger partial charge in [-0.3, -0.25) is 9.59 Å². The summed E-state index contributed by atoms with van der Waals surface area (Å²) in [5.41, 5.74) is 0. The lowest BCUT2D eigenvalue weighted by molar-refractivity contribution is -0.146. The highest BCUT2D eigenvalue weighted by Crippen LogP contribution is 2.37. The van der Waals surface area contributed by atoms with Gasteiger partial charge in [0.1, 0.15) is 0 Å². The van der Waals surface area contributed by atoms with Crippen molar-refractivity contribution < 1.29 is 19.8 Å². The summed E-state index contributed by atoms with van der Waals surface area (Å²) in [4.78, 5) is 23.4. The van der Waals surface area contributed by atoms with Crippen molar-refractivity contribution in [3.63, 3.8) is 0 Å². The van der Waals surface area contributed by atoms with Gasteiger partial charge in [-0.25, -0.2) is 0 Å². The Morgan fingerprint density at radius 3 is 1.38 bits per heavy atom. The van der Waals surface area contributed by atoms with Gasteiger partial charge in [-0.05, 0) is 31.1 Å². The number of hydrogen-bond acceptors (Lipinski definition) is 2. The van der Waals surface area contributed by atoms with Crippen molar-refractivity contribution in [2.24, 2.45) is 17.8 Å². The molecule has 4 heteroatoms. The molecule has 0 saturated heterocycles. The van der Waals surface area contributed by atoms with Crippen LogP contribution < -0.4 is 0 Å². The maximum Gasteiger partial charge on any atom is 0.306 e. The van der Waals surface area contributed by atoms with Crippen molar-refractivity contribution in [2.45, 2.75) is 162 Å². The van der Waals surface area contributed by atoms with Crippen LogP contribution in [0.3, 0.4) is 0 Å². The van der Waals surface area contributed by atoms with Crippen molar-refractivity contribution in [2.75, 3.05) is 0 Å². The summed E-state index contributed by atoms with van der Waals surface area (Å²) in [6.45, 7) is 6.71. The summed E-state index contributed by atoms with van der Waals surface area (Å²) >= 11 is 0. The fourth-order valence-electron chi connectivity index (χ4n) is 5.51. The molecule has 0 aliphatic heterocycles. The van der Waals surface area contributed by atoms with Gasteiger partial charge in [-0.1, -0.05) is 136 Å². The Hall–Kier alpha value is -1.06. The van der Waals surface area contributed by atoms with Crippen molar-refractivity contribution in [1.82, 2.24) is 0 Å². The second-order valence-corrected chi connectivity index (χ2v) is 10.6. The summed E-state index contributed by atoms with van der Waals surface area (Å²) in [7, 11) is 0. The predicted molar refractivity (Wildman–Crippen MR) is 144 cm³/mol. The second kappa shape index (κ2) is 23.7. The Balaban J connectivity index is 5.22. The normalized spacial score (nSPS) is 14.1. The maximum absolute atomic E-state index is 12.4. The van der Waals surface area contributed by atoms with Crippen LogP contribution in [-0.4, -0.2) is 22.2 Å². The molecule has 0 spiro atoms. The van der Waals surface area contributed by atoms with Gasteiger partial charge in [0.2, 0.25) is 0 Å². The van der Waals surface area contributed by atoms with Crippen LogP contribution >= 0.6 is 0 Å². The minimum atomic E-state index is -0.820. The van der Waals surface area contributed by atoms with Crippen LogP contribution in [0.15, 0.2) is 0 Å². The standard InChI is InChI=1S/C30H58O4/c1-4-7-10-13-14-16-19-23-27(28(30(33)34)24-20-25-29(31)32)26(21-17-12-9-6-3)22-18-15-11-8-5-2/h26-28H,4-25H2,1-3H3,(H,31,32)(H,33,34). The third-order valence-electron chi connectivity index (χ3n) is 7.59. The molecule has 0 saturated carbocycles. The summed E-state index contributed by atoms with van der Waals surface area (Å²) in [6, 6.07) is 0. The molecule has 0 aliphatic carbocycles. The SMILES string of the molecule is CCCCCCCCCC(C(CCCCCC)CCCCCCC)C(CCCC(=O)O)C(=O)O. The molecular weight excluding hydrogens is 424 g/mol. The second-order valence-electron chi connectivity index (χ2n) is 10.6. The van der Waals surface area contributed by atoms with Gasteiger partial charge in [0.25, 0.3) is 0 Å². The molecule has 0 bridgehead atoms. The fourth-order valence-corrected chi connectivity index (χ4v) is 5.51. The van der Waals surface area contributed by atoms with Gasteiger partial charge in [-0.2, -0.15) is 0 Å². The van der Waals surface area contributed by atoms with Crippen molar-refractivity contribution in [3.8, 4) is 0 Å². The first-order chi connectivity index (χ1) is 16.5. The molecule has 0 amide bonds. The highest BCUT2D eigenvalue weighted by Gasteiger charge is 2.33. The molecule has 0 radical (unpaired) electrons. The van der Waals surface area contributed by atoms with E-state index in [0.717, 1.165) is 25.7 Å². The van der Waals surface area contributed by atoms with E-state index in [1.54, 1.807) is 0 Å². The smallest absolute Gasteiger partial charge is 0.306 e. The molecule has 3 atom stereocenters. The molecule has 0 heterocycles. The van der Waals surface area contributed by atoms with Crippen LogP contribution in [-0.2, 0) is 9.59 Å². The van der Waals surface area contributed by atoms with Gasteiger partial charge in [0.05, 0.1) is 5.92 Å². The van der Waals surface area contributed by atoms with Gasteiger partial charge in [-0.15, -0.1) is 0 Å².